The van der Waals surface area contributed by atoms with E-state index in [1.807, 2.05) is 47.6 Å². The zero-order valence-electron chi connectivity index (χ0n) is 14.4. The number of nitrogens with zero attached hydrogens (tertiary/aromatic N) is 3. The molecule has 0 N–H and O–H groups in total. The summed E-state index contributed by atoms with van der Waals surface area (Å²) in [4.78, 5) is 19.3. The van der Waals surface area contributed by atoms with E-state index in [0.717, 1.165) is 43.7 Å². The van der Waals surface area contributed by atoms with Crippen molar-refractivity contribution in [2.75, 3.05) is 20.2 Å². The van der Waals surface area contributed by atoms with E-state index in [1.54, 1.807) is 7.11 Å². The molecular formula is C19H25N3O2. The summed E-state index contributed by atoms with van der Waals surface area (Å²) in [6.45, 7) is 3.62. The first-order valence-electron chi connectivity index (χ1n) is 8.62. The molecule has 0 saturated carbocycles. The van der Waals surface area contributed by atoms with Crippen LogP contribution in [0.3, 0.4) is 0 Å². The first-order valence-corrected chi connectivity index (χ1v) is 8.62. The van der Waals surface area contributed by atoms with Gasteiger partial charge in [0, 0.05) is 39.0 Å². The summed E-state index contributed by atoms with van der Waals surface area (Å²) in [6.07, 6.45) is 6.34. The molecule has 1 aliphatic heterocycles. The van der Waals surface area contributed by atoms with E-state index in [2.05, 4.69) is 16.5 Å². The van der Waals surface area contributed by atoms with Gasteiger partial charge >= 0.3 is 0 Å². The van der Waals surface area contributed by atoms with Gasteiger partial charge < -0.3 is 14.2 Å². The van der Waals surface area contributed by atoms with E-state index in [-0.39, 0.29) is 5.91 Å². The Morgan fingerprint density at radius 2 is 2.17 bits per heavy atom. The number of benzene rings is 1. The molecule has 5 heteroatoms. The Balaban J connectivity index is 1.75. The molecule has 24 heavy (non-hydrogen) atoms. The van der Waals surface area contributed by atoms with Crippen molar-refractivity contribution in [2.24, 2.45) is 0 Å². The van der Waals surface area contributed by atoms with Gasteiger partial charge in [0.05, 0.1) is 6.04 Å². The van der Waals surface area contributed by atoms with Gasteiger partial charge in [0.2, 0.25) is 0 Å². The third-order valence-electron chi connectivity index (χ3n) is 4.73. The maximum Gasteiger partial charge on any atom is 0.256 e. The number of imidazole rings is 1. The van der Waals surface area contributed by atoms with Crippen LogP contribution >= 0.6 is 0 Å². The minimum absolute atomic E-state index is 0.0477. The minimum atomic E-state index is -0.529. The van der Waals surface area contributed by atoms with E-state index >= 15 is 0 Å². The molecule has 0 unspecified atom stereocenters. The largest absolute Gasteiger partial charge is 0.367 e. The molecule has 1 aliphatic rings. The van der Waals surface area contributed by atoms with Gasteiger partial charge in [0.15, 0.2) is 6.10 Å². The van der Waals surface area contributed by atoms with Crippen molar-refractivity contribution in [2.45, 2.75) is 38.3 Å². The molecule has 3 rings (SSSR count). The van der Waals surface area contributed by atoms with Crippen molar-refractivity contribution in [1.82, 2.24) is 14.5 Å². The lowest BCUT2D eigenvalue weighted by Gasteiger charge is -2.35. The number of likely N-dealkylation sites (tertiary alicyclic amines) is 1. The molecule has 0 radical (unpaired) electrons. The Bertz CT molecular complexity index is 668. The number of amides is 1. The molecule has 1 aromatic heterocycles. The smallest absolute Gasteiger partial charge is 0.256 e. The standard InChI is InChI=1S/C19H25N3O2/c1-3-17-20-11-13-22(17)16-10-7-12-21(14-16)19(23)18(24-2)15-8-5-4-6-9-15/h4-6,8-9,11,13,16,18H,3,7,10,12,14H2,1-2H3/t16-,18+/m1/s1. The summed E-state index contributed by atoms with van der Waals surface area (Å²) in [7, 11) is 1.60. The average Bonchev–Trinajstić information content (AvgIpc) is 3.12. The Kier molecular flexibility index (Phi) is 5.30. The Labute approximate surface area is 143 Å². The van der Waals surface area contributed by atoms with E-state index in [9.17, 15) is 4.79 Å². The van der Waals surface area contributed by atoms with Crippen LogP contribution < -0.4 is 0 Å². The predicted octanol–water partition coefficient (Wildman–Crippen LogP) is 3.00. The quantitative estimate of drug-likeness (QED) is 0.848. The lowest BCUT2D eigenvalue weighted by molar-refractivity contribution is -0.144. The maximum atomic E-state index is 13.0. The molecule has 1 fully saturated rings. The van der Waals surface area contributed by atoms with Gasteiger partial charge in [-0.05, 0) is 18.4 Å². The summed E-state index contributed by atoms with van der Waals surface area (Å²) < 4.78 is 7.74. The van der Waals surface area contributed by atoms with E-state index < -0.39 is 6.10 Å². The number of carbonyl (C=O) groups is 1. The highest BCUT2D eigenvalue weighted by Gasteiger charge is 2.30. The third-order valence-corrected chi connectivity index (χ3v) is 4.73. The average molecular weight is 327 g/mol. The summed E-state index contributed by atoms with van der Waals surface area (Å²) in [5, 5.41) is 0. The maximum absolute atomic E-state index is 13.0. The van der Waals surface area contributed by atoms with Crippen LogP contribution in [-0.2, 0) is 16.0 Å². The number of aromatic nitrogens is 2. The predicted molar refractivity (Wildman–Crippen MR) is 92.6 cm³/mol. The zero-order chi connectivity index (χ0) is 16.9. The van der Waals surface area contributed by atoms with Crippen molar-refractivity contribution in [3.63, 3.8) is 0 Å². The van der Waals surface area contributed by atoms with E-state index in [1.165, 1.54) is 0 Å². The molecular weight excluding hydrogens is 302 g/mol. The summed E-state index contributed by atoms with van der Waals surface area (Å²) in [5.74, 6) is 1.13. The highest BCUT2D eigenvalue weighted by molar-refractivity contribution is 5.82. The van der Waals surface area contributed by atoms with Gasteiger partial charge in [-0.3, -0.25) is 4.79 Å². The van der Waals surface area contributed by atoms with Crippen LogP contribution in [0.2, 0.25) is 0 Å². The summed E-state index contributed by atoms with van der Waals surface area (Å²) in [5.41, 5.74) is 0.906. The Morgan fingerprint density at radius 3 is 2.88 bits per heavy atom. The molecule has 1 amide bonds. The van der Waals surface area contributed by atoms with Crippen LogP contribution in [0, 0.1) is 0 Å². The van der Waals surface area contributed by atoms with E-state index in [4.69, 9.17) is 4.74 Å². The molecule has 1 aromatic carbocycles. The molecule has 2 heterocycles. The zero-order valence-corrected chi connectivity index (χ0v) is 14.4. The third kappa shape index (κ3) is 3.36. The SMILES string of the molecule is CCc1nccn1[C@@H]1CCCN(C(=O)[C@@H](OC)c2ccccc2)C1. The van der Waals surface area contributed by atoms with Crippen LogP contribution in [0.15, 0.2) is 42.7 Å². The van der Waals surface area contributed by atoms with Gasteiger partial charge in [-0.25, -0.2) is 4.98 Å². The molecule has 1 saturated heterocycles. The van der Waals surface area contributed by atoms with Crippen molar-refractivity contribution in [3.8, 4) is 0 Å². The van der Waals surface area contributed by atoms with Gasteiger partial charge in [-0.15, -0.1) is 0 Å². The number of carbonyl (C=O) groups excluding carboxylic acids is 1. The molecule has 5 nitrogen and oxygen atoms in total. The topological polar surface area (TPSA) is 47.4 Å². The first kappa shape index (κ1) is 16.7. The molecule has 128 valence electrons. The van der Waals surface area contributed by atoms with Crippen LogP contribution in [0.1, 0.15) is 43.3 Å². The highest BCUT2D eigenvalue weighted by atomic mass is 16.5. The molecule has 0 spiro atoms. The number of hydrogen-bond acceptors (Lipinski definition) is 3. The lowest BCUT2D eigenvalue weighted by atomic mass is 10.0. The van der Waals surface area contributed by atoms with Gasteiger partial charge in [-0.1, -0.05) is 37.3 Å². The van der Waals surface area contributed by atoms with Gasteiger partial charge in [0.1, 0.15) is 5.82 Å². The van der Waals surface area contributed by atoms with Gasteiger partial charge in [0.25, 0.3) is 5.91 Å². The Hall–Kier alpha value is -2.14. The number of ether oxygens (including phenoxy) is 1. The fourth-order valence-electron chi connectivity index (χ4n) is 3.51. The van der Waals surface area contributed by atoms with Crippen LogP contribution in [0.4, 0.5) is 0 Å². The first-order chi connectivity index (χ1) is 11.7. The molecule has 2 atom stereocenters. The molecule has 0 bridgehead atoms. The fraction of sp³-hybridized carbons (Fsp3) is 0.474. The van der Waals surface area contributed by atoms with Crippen LogP contribution in [0.25, 0.3) is 0 Å². The molecule has 0 aliphatic carbocycles. The normalized spacial score (nSPS) is 19.2. The summed E-state index contributed by atoms with van der Waals surface area (Å²) in [6, 6.07) is 10.0. The minimum Gasteiger partial charge on any atom is -0.367 e. The van der Waals surface area contributed by atoms with Crippen molar-refractivity contribution in [3.05, 3.63) is 54.1 Å². The number of methoxy groups -OCH3 is 1. The monoisotopic (exact) mass is 327 g/mol. The van der Waals surface area contributed by atoms with E-state index in [0.29, 0.717) is 6.04 Å². The van der Waals surface area contributed by atoms with Crippen LogP contribution in [0.5, 0.6) is 0 Å². The second kappa shape index (κ2) is 7.62. The molecule has 2 aromatic rings. The fourth-order valence-corrected chi connectivity index (χ4v) is 3.51. The Morgan fingerprint density at radius 1 is 1.38 bits per heavy atom. The highest BCUT2D eigenvalue weighted by Crippen LogP contribution is 2.27. The lowest BCUT2D eigenvalue weighted by Crippen LogP contribution is -2.43. The number of hydrogen-bond donors (Lipinski definition) is 0. The van der Waals surface area contributed by atoms with Crippen molar-refractivity contribution >= 4 is 5.91 Å². The number of aryl methyl sites for hydroxylation is 1. The second-order valence-electron chi connectivity index (χ2n) is 6.21. The number of piperidine rings is 1. The van der Waals surface area contributed by atoms with Crippen LogP contribution in [-0.4, -0.2) is 40.6 Å². The van der Waals surface area contributed by atoms with Gasteiger partial charge in [-0.2, -0.15) is 0 Å². The second-order valence-corrected chi connectivity index (χ2v) is 6.21. The van der Waals surface area contributed by atoms with Crippen molar-refractivity contribution in [1.29, 1.82) is 0 Å². The van der Waals surface area contributed by atoms with Crippen molar-refractivity contribution < 1.29 is 9.53 Å². The summed E-state index contributed by atoms with van der Waals surface area (Å²) >= 11 is 0. The number of rotatable bonds is 5.